The summed E-state index contributed by atoms with van der Waals surface area (Å²) in [6.07, 6.45) is 0.138. The van der Waals surface area contributed by atoms with Gasteiger partial charge in [-0.3, -0.25) is 0 Å². The molecule has 0 aliphatic heterocycles. The Balaban J connectivity index is 2.26. The zero-order valence-corrected chi connectivity index (χ0v) is 10.8. The molecule has 0 bridgehead atoms. The number of hydrogen-bond donors (Lipinski definition) is 1. The molecule has 2 rings (SSSR count). The number of benzene rings is 1. The highest BCUT2D eigenvalue weighted by atomic mass is 35.5. The van der Waals surface area contributed by atoms with Crippen molar-refractivity contribution < 1.29 is 4.74 Å². The lowest BCUT2D eigenvalue weighted by molar-refractivity contribution is 0.242. The number of nitrogens with one attached hydrogen (secondary N) is 1. The fourth-order valence-electron chi connectivity index (χ4n) is 1.53. The highest BCUT2D eigenvalue weighted by Crippen LogP contribution is 2.23. The third kappa shape index (κ3) is 2.63. The summed E-state index contributed by atoms with van der Waals surface area (Å²) in [6, 6.07) is 9.38. The van der Waals surface area contributed by atoms with Gasteiger partial charge in [0.2, 0.25) is 0 Å². The van der Waals surface area contributed by atoms with Gasteiger partial charge in [0.1, 0.15) is 22.8 Å². The van der Waals surface area contributed by atoms with Crippen molar-refractivity contribution in [1.29, 1.82) is 5.26 Å². The van der Waals surface area contributed by atoms with Crippen LogP contribution in [0.5, 0.6) is 5.75 Å². The Kier molecular flexibility index (Phi) is 3.54. The number of imidazole rings is 1. The standard InChI is InChI=1S/C13H12ClN3O/c1-8(2)18-10-5-3-9(4-6-10)13-16-11(7-15)12(14)17-13/h3-6,8H,1-2H3,(H,16,17). The number of halogens is 1. The van der Waals surface area contributed by atoms with Crippen LogP contribution in [-0.2, 0) is 0 Å². The number of nitrogens with zero attached hydrogens (tertiary/aromatic N) is 2. The molecule has 18 heavy (non-hydrogen) atoms. The summed E-state index contributed by atoms with van der Waals surface area (Å²) >= 11 is 5.83. The first kappa shape index (κ1) is 12.5. The molecular formula is C13H12ClN3O. The normalized spacial score (nSPS) is 10.4. The minimum absolute atomic E-state index is 0.138. The quantitative estimate of drug-likeness (QED) is 0.921. The van der Waals surface area contributed by atoms with Crippen molar-refractivity contribution in [3.63, 3.8) is 0 Å². The average Bonchev–Trinajstić information content (AvgIpc) is 2.71. The van der Waals surface area contributed by atoms with Gasteiger partial charge >= 0.3 is 0 Å². The van der Waals surface area contributed by atoms with Crippen LogP contribution in [0.15, 0.2) is 24.3 Å². The fraction of sp³-hybridized carbons (Fsp3) is 0.231. The first-order valence-electron chi connectivity index (χ1n) is 5.53. The molecule has 0 aliphatic rings. The van der Waals surface area contributed by atoms with Gasteiger partial charge in [-0.25, -0.2) is 4.98 Å². The summed E-state index contributed by atoms with van der Waals surface area (Å²) in [5.74, 6) is 1.37. The average molecular weight is 262 g/mol. The van der Waals surface area contributed by atoms with E-state index in [0.717, 1.165) is 11.3 Å². The van der Waals surface area contributed by atoms with Gasteiger partial charge in [-0.15, -0.1) is 0 Å². The van der Waals surface area contributed by atoms with E-state index in [1.54, 1.807) is 0 Å². The molecule has 1 N–H and O–H groups in total. The van der Waals surface area contributed by atoms with Gasteiger partial charge in [0, 0.05) is 5.56 Å². The predicted octanol–water partition coefficient (Wildman–Crippen LogP) is 3.39. The molecule has 2 aromatic rings. The Morgan fingerprint density at radius 2 is 2.00 bits per heavy atom. The first-order valence-corrected chi connectivity index (χ1v) is 5.90. The molecule has 1 heterocycles. The zero-order chi connectivity index (χ0) is 13.1. The van der Waals surface area contributed by atoms with E-state index in [-0.39, 0.29) is 17.0 Å². The first-order chi connectivity index (χ1) is 8.60. The van der Waals surface area contributed by atoms with E-state index in [4.69, 9.17) is 21.6 Å². The predicted molar refractivity (Wildman–Crippen MR) is 69.5 cm³/mol. The van der Waals surface area contributed by atoms with E-state index in [1.165, 1.54) is 0 Å². The molecule has 0 spiro atoms. The highest BCUT2D eigenvalue weighted by Gasteiger charge is 2.09. The molecule has 92 valence electrons. The number of ether oxygens (including phenoxy) is 1. The summed E-state index contributed by atoms with van der Waals surface area (Å²) in [5, 5.41) is 9.04. The van der Waals surface area contributed by atoms with Crippen LogP contribution in [0.4, 0.5) is 0 Å². The van der Waals surface area contributed by atoms with E-state index in [2.05, 4.69) is 9.97 Å². The van der Waals surface area contributed by atoms with Gasteiger partial charge in [0.25, 0.3) is 0 Å². The second-order valence-electron chi connectivity index (χ2n) is 4.05. The lowest BCUT2D eigenvalue weighted by atomic mass is 10.2. The molecule has 1 aromatic carbocycles. The number of nitriles is 1. The maximum Gasteiger partial charge on any atom is 0.178 e. The van der Waals surface area contributed by atoms with Crippen molar-refractivity contribution in [2.45, 2.75) is 20.0 Å². The summed E-state index contributed by atoms with van der Waals surface area (Å²) in [6.45, 7) is 3.94. The van der Waals surface area contributed by atoms with Crippen molar-refractivity contribution in [2.75, 3.05) is 0 Å². The van der Waals surface area contributed by atoms with Crippen LogP contribution in [0, 0.1) is 11.3 Å². The van der Waals surface area contributed by atoms with Crippen molar-refractivity contribution >= 4 is 11.6 Å². The summed E-state index contributed by atoms with van der Waals surface area (Å²) < 4.78 is 5.55. The molecule has 4 nitrogen and oxygen atoms in total. The Hall–Kier alpha value is -1.99. The molecule has 0 amide bonds. The van der Waals surface area contributed by atoms with E-state index in [0.29, 0.717) is 5.82 Å². The molecule has 0 atom stereocenters. The molecule has 0 aliphatic carbocycles. The molecule has 1 aromatic heterocycles. The summed E-state index contributed by atoms with van der Waals surface area (Å²) in [7, 11) is 0. The monoisotopic (exact) mass is 261 g/mol. The number of hydrogen-bond acceptors (Lipinski definition) is 3. The van der Waals surface area contributed by atoms with Crippen LogP contribution in [0.25, 0.3) is 11.4 Å². The van der Waals surface area contributed by atoms with Gasteiger partial charge < -0.3 is 9.72 Å². The fourth-order valence-corrected chi connectivity index (χ4v) is 1.70. The second kappa shape index (κ2) is 5.11. The number of rotatable bonds is 3. The second-order valence-corrected chi connectivity index (χ2v) is 4.43. The van der Waals surface area contributed by atoms with E-state index >= 15 is 0 Å². The molecule has 0 unspecified atom stereocenters. The van der Waals surface area contributed by atoms with Crippen molar-refractivity contribution in [3.8, 4) is 23.2 Å². The van der Waals surface area contributed by atoms with Gasteiger partial charge in [-0.05, 0) is 38.1 Å². The van der Waals surface area contributed by atoms with Gasteiger partial charge in [-0.1, -0.05) is 11.6 Å². The Morgan fingerprint density at radius 3 is 2.50 bits per heavy atom. The van der Waals surface area contributed by atoms with Gasteiger partial charge in [0.05, 0.1) is 6.10 Å². The summed E-state index contributed by atoms with van der Waals surface area (Å²) in [5.41, 5.74) is 1.06. The topological polar surface area (TPSA) is 61.7 Å². The molecule has 0 fully saturated rings. The zero-order valence-electron chi connectivity index (χ0n) is 10.1. The third-order valence-corrected chi connectivity index (χ3v) is 2.54. The maximum atomic E-state index is 8.78. The molecule has 0 saturated carbocycles. The van der Waals surface area contributed by atoms with Crippen molar-refractivity contribution in [1.82, 2.24) is 9.97 Å². The van der Waals surface area contributed by atoms with Crippen LogP contribution in [-0.4, -0.2) is 16.1 Å². The third-order valence-electron chi connectivity index (χ3n) is 2.27. The van der Waals surface area contributed by atoms with Crippen LogP contribution >= 0.6 is 11.6 Å². The molecule has 5 heteroatoms. The van der Waals surface area contributed by atoms with E-state index in [9.17, 15) is 0 Å². The lowest BCUT2D eigenvalue weighted by Crippen LogP contribution is -2.05. The molecule has 0 radical (unpaired) electrons. The SMILES string of the molecule is CC(C)Oc1ccc(-c2nc(C#N)c(Cl)[nH]2)cc1. The van der Waals surface area contributed by atoms with Gasteiger partial charge in [0.15, 0.2) is 5.69 Å². The smallest absolute Gasteiger partial charge is 0.178 e. The van der Waals surface area contributed by atoms with Crippen LogP contribution in [0.1, 0.15) is 19.5 Å². The minimum Gasteiger partial charge on any atom is -0.491 e. The van der Waals surface area contributed by atoms with Gasteiger partial charge in [-0.2, -0.15) is 5.26 Å². The Morgan fingerprint density at radius 1 is 1.33 bits per heavy atom. The maximum absolute atomic E-state index is 8.78. The van der Waals surface area contributed by atoms with Crippen molar-refractivity contribution in [2.24, 2.45) is 0 Å². The van der Waals surface area contributed by atoms with Crippen LogP contribution in [0.2, 0.25) is 5.15 Å². The highest BCUT2D eigenvalue weighted by molar-refractivity contribution is 6.30. The molecular weight excluding hydrogens is 250 g/mol. The van der Waals surface area contributed by atoms with E-state index in [1.807, 2.05) is 44.2 Å². The van der Waals surface area contributed by atoms with Crippen molar-refractivity contribution in [3.05, 3.63) is 35.1 Å². The minimum atomic E-state index is 0.138. The van der Waals surface area contributed by atoms with Crippen LogP contribution < -0.4 is 4.74 Å². The largest absolute Gasteiger partial charge is 0.491 e. The number of aromatic amines is 1. The molecule has 0 saturated heterocycles. The Bertz CT molecular complexity index is 581. The lowest BCUT2D eigenvalue weighted by Gasteiger charge is -2.09. The number of H-pyrrole nitrogens is 1. The number of aromatic nitrogens is 2. The van der Waals surface area contributed by atoms with Crippen LogP contribution in [0.3, 0.4) is 0 Å². The Labute approximate surface area is 110 Å². The van der Waals surface area contributed by atoms with E-state index < -0.39 is 0 Å². The summed E-state index contributed by atoms with van der Waals surface area (Å²) in [4.78, 5) is 6.96.